The van der Waals surface area contributed by atoms with Crippen molar-refractivity contribution in [1.82, 2.24) is 0 Å². The summed E-state index contributed by atoms with van der Waals surface area (Å²) < 4.78 is 0. The number of rotatable bonds is 5. The first kappa shape index (κ1) is 13.0. The summed E-state index contributed by atoms with van der Waals surface area (Å²) in [5, 5.41) is 0. The molecule has 0 N–H and O–H groups in total. The number of carbonyl (C=O) groups is 1. The molecule has 0 amide bonds. The molecule has 2 aromatic rings. The van der Waals surface area contributed by atoms with Gasteiger partial charge in [0.25, 0.3) is 0 Å². The second-order valence-electron chi connectivity index (χ2n) is 4.32. The number of carbonyl (C=O) groups excluding carboxylic acids is 1. The fourth-order valence-electron chi connectivity index (χ4n) is 1.90. The molecular formula is C18H16O. The molecule has 0 aliphatic heterocycles. The molecule has 0 aliphatic carbocycles. The van der Waals surface area contributed by atoms with Crippen LogP contribution in [0.4, 0.5) is 0 Å². The van der Waals surface area contributed by atoms with Crippen LogP contribution < -0.4 is 0 Å². The molecule has 0 aliphatic rings. The van der Waals surface area contributed by atoms with Crippen molar-refractivity contribution in [3.8, 4) is 0 Å². The number of benzene rings is 2. The predicted molar refractivity (Wildman–Crippen MR) is 80.2 cm³/mol. The lowest BCUT2D eigenvalue weighted by Gasteiger charge is -2.08. The first-order chi connectivity index (χ1) is 9.33. The van der Waals surface area contributed by atoms with Crippen LogP contribution in [0.25, 0.3) is 6.08 Å². The van der Waals surface area contributed by atoms with Crippen LogP contribution in [-0.4, -0.2) is 6.29 Å². The minimum atomic E-state index is 0.154. The van der Waals surface area contributed by atoms with E-state index in [4.69, 9.17) is 0 Å². The van der Waals surface area contributed by atoms with Crippen LogP contribution in [-0.2, 0) is 0 Å². The normalized spacial score (nSPS) is 12.2. The van der Waals surface area contributed by atoms with Gasteiger partial charge in [-0.15, -0.1) is 6.58 Å². The van der Waals surface area contributed by atoms with E-state index in [2.05, 4.69) is 30.9 Å². The van der Waals surface area contributed by atoms with Gasteiger partial charge in [-0.25, -0.2) is 0 Å². The minimum Gasteiger partial charge on any atom is -0.298 e. The van der Waals surface area contributed by atoms with Gasteiger partial charge in [-0.2, -0.15) is 0 Å². The maximum absolute atomic E-state index is 10.6. The van der Waals surface area contributed by atoms with Gasteiger partial charge < -0.3 is 0 Å². The molecular weight excluding hydrogens is 232 g/mol. The highest BCUT2D eigenvalue weighted by atomic mass is 16.1. The molecule has 0 radical (unpaired) electrons. The third-order valence-electron chi connectivity index (χ3n) is 3.01. The molecule has 0 bridgehead atoms. The van der Waals surface area contributed by atoms with E-state index in [-0.39, 0.29) is 5.92 Å². The van der Waals surface area contributed by atoms with Gasteiger partial charge in [0.2, 0.25) is 0 Å². The Kier molecular flexibility index (Phi) is 4.46. The molecule has 0 spiro atoms. The van der Waals surface area contributed by atoms with Gasteiger partial charge in [-0.1, -0.05) is 72.8 Å². The van der Waals surface area contributed by atoms with E-state index in [1.807, 2.05) is 48.5 Å². The van der Waals surface area contributed by atoms with E-state index in [9.17, 15) is 4.79 Å². The van der Waals surface area contributed by atoms with E-state index in [1.165, 1.54) is 5.56 Å². The summed E-state index contributed by atoms with van der Waals surface area (Å²) in [6.45, 7) is 3.87. The van der Waals surface area contributed by atoms with Crippen LogP contribution in [0.15, 0.2) is 73.3 Å². The third kappa shape index (κ3) is 3.52. The minimum absolute atomic E-state index is 0.154. The zero-order chi connectivity index (χ0) is 13.5. The summed E-state index contributed by atoms with van der Waals surface area (Å²) in [6.07, 6.45) is 6.94. The molecule has 1 heteroatoms. The lowest BCUT2D eigenvalue weighted by Crippen LogP contribution is -1.91. The Morgan fingerprint density at radius 1 is 0.895 bits per heavy atom. The molecule has 1 nitrogen and oxygen atoms in total. The smallest absolute Gasteiger partial charge is 0.150 e. The molecule has 0 aromatic heterocycles. The Balaban J connectivity index is 2.17. The zero-order valence-corrected chi connectivity index (χ0v) is 10.7. The fourth-order valence-corrected chi connectivity index (χ4v) is 1.90. The van der Waals surface area contributed by atoms with Crippen LogP contribution in [0.3, 0.4) is 0 Å². The summed E-state index contributed by atoms with van der Waals surface area (Å²) in [4.78, 5) is 10.6. The van der Waals surface area contributed by atoms with Gasteiger partial charge in [-0.3, -0.25) is 4.79 Å². The van der Waals surface area contributed by atoms with Crippen molar-refractivity contribution >= 4 is 12.4 Å². The van der Waals surface area contributed by atoms with Crippen molar-refractivity contribution in [2.45, 2.75) is 5.92 Å². The highest BCUT2D eigenvalue weighted by molar-refractivity contribution is 5.74. The third-order valence-corrected chi connectivity index (χ3v) is 3.01. The van der Waals surface area contributed by atoms with Gasteiger partial charge in [0.1, 0.15) is 6.29 Å². The van der Waals surface area contributed by atoms with E-state index >= 15 is 0 Å². The van der Waals surface area contributed by atoms with E-state index < -0.39 is 0 Å². The van der Waals surface area contributed by atoms with Crippen LogP contribution in [0.2, 0.25) is 0 Å². The van der Waals surface area contributed by atoms with Gasteiger partial charge in [0, 0.05) is 11.5 Å². The lowest BCUT2D eigenvalue weighted by atomic mass is 9.97. The first-order valence-corrected chi connectivity index (χ1v) is 6.24. The van der Waals surface area contributed by atoms with Gasteiger partial charge in [0.15, 0.2) is 0 Å². The van der Waals surface area contributed by atoms with Crippen molar-refractivity contribution < 1.29 is 4.79 Å². The van der Waals surface area contributed by atoms with Crippen molar-refractivity contribution in [1.29, 1.82) is 0 Å². The molecule has 2 aromatic carbocycles. The summed E-state index contributed by atoms with van der Waals surface area (Å²) in [6, 6.07) is 17.7. The van der Waals surface area contributed by atoms with Crippen LogP contribution in [0.1, 0.15) is 27.4 Å². The first-order valence-electron chi connectivity index (χ1n) is 6.24. The van der Waals surface area contributed by atoms with Crippen molar-refractivity contribution in [3.63, 3.8) is 0 Å². The van der Waals surface area contributed by atoms with E-state index in [0.29, 0.717) is 5.56 Å². The Bertz CT molecular complexity index is 564. The molecule has 94 valence electrons. The molecule has 0 saturated carbocycles. The lowest BCUT2D eigenvalue weighted by molar-refractivity contribution is 0.112. The van der Waals surface area contributed by atoms with Crippen LogP contribution >= 0.6 is 0 Å². The van der Waals surface area contributed by atoms with Gasteiger partial charge in [-0.05, 0) is 11.1 Å². The molecule has 0 unspecified atom stereocenters. The van der Waals surface area contributed by atoms with Crippen LogP contribution in [0.5, 0.6) is 0 Å². The van der Waals surface area contributed by atoms with Crippen LogP contribution in [0, 0.1) is 0 Å². The van der Waals surface area contributed by atoms with Gasteiger partial charge >= 0.3 is 0 Å². The summed E-state index contributed by atoms with van der Waals surface area (Å²) in [7, 11) is 0. The molecule has 0 saturated heterocycles. The largest absolute Gasteiger partial charge is 0.298 e. The van der Waals surface area contributed by atoms with Crippen molar-refractivity contribution in [3.05, 3.63) is 90.0 Å². The zero-order valence-electron chi connectivity index (χ0n) is 10.7. The highest BCUT2D eigenvalue weighted by Gasteiger charge is 2.03. The average molecular weight is 248 g/mol. The van der Waals surface area contributed by atoms with Crippen molar-refractivity contribution in [2.75, 3.05) is 0 Å². The number of hydrogen-bond donors (Lipinski definition) is 0. The SMILES string of the molecule is C=C[C@H](/C=C/c1ccccc1)c1ccc(C=O)cc1. The Morgan fingerprint density at radius 3 is 2.16 bits per heavy atom. The quantitative estimate of drug-likeness (QED) is 0.563. The van der Waals surface area contributed by atoms with Crippen molar-refractivity contribution in [2.24, 2.45) is 0 Å². The number of hydrogen-bond acceptors (Lipinski definition) is 1. The molecule has 2 rings (SSSR count). The topological polar surface area (TPSA) is 17.1 Å². The van der Waals surface area contributed by atoms with Gasteiger partial charge in [0.05, 0.1) is 0 Å². The average Bonchev–Trinajstić information content (AvgIpc) is 2.49. The maximum atomic E-state index is 10.6. The number of aldehydes is 1. The van der Waals surface area contributed by atoms with E-state index in [0.717, 1.165) is 11.8 Å². The second kappa shape index (κ2) is 6.50. The predicted octanol–water partition coefficient (Wildman–Crippen LogP) is 4.48. The Hall–Kier alpha value is -2.41. The Labute approximate surface area is 113 Å². The molecule has 1 atom stereocenters. The summed E-state index contributed by atoms with van der Waals surface area (Å²) in [5.41, 5.74) is 2.99. The Morgan fingerprint density at radius 2 is 1.58 bits per heavy atom. The molecule has 0 fully saturated rings. The second-order valence-corrected chi connectivity index (χ2v) is 4.32. The standard InChI is InChI=1S/C18H16O/c1-2-17(11-8-15-6-4-3-5-7-15)18-12-9-16(14-19)10-13-18/h2-14,17H,1H2/b11-8+/t17-/m1/s1. The fraction of sp³-hybridized carbons (Fsp3) is 0.0556. The van der Waals surface area contributed by atoms with E-state index in [1.54, 1.807) is 0 Å². The molecule has 19 heavy (non-hydrogen) atoms. The molecule has 0 heterocycles. The highest BCUT2D eigenvalue weighted by Crippen LogP contribution is 2.20. The summed E-state index contributed by atoms with van der Waals surface area (Å²) in [5.74, 6) is 0.154. The number of allylic oxidation sites excluding steroid dienone is 2. The maximum Gasteiger partial charge on any atom is 0.150 e. The monoisotopic (exact) mass is 248 g/mol. The summed E-state index contributed by atoms with van der Waals surface area (Å²) >= 11 is 0.